The highest BCUT2D eigenvalue weighted by molar-refractivity contribution is 7.93. The molecule has 0 bridgehead atoms. The number of methoxy groups -OCH3 is 2. The first-order valence-electron chi connectivity index (χ1n) is 4.89. The van der Waals surface area contributed by atoms with E-state index < -0.39 is 21.7 Å². The smallest absolute Gasteiger partial charge is 0.322 e. The summed E-state index contributed by atoms with van der Waals surface area (Å²) in [6.07, 6.45) is 0. The van der Waals surface area contributed by atoms with Gasteiger partial charge in [-0.05, 0) is 12.1 Å². The van der Waals surface area contributed by atoms with E-state index in [1.54, 1.807) is 0 Å². The Balaban J connectivity index is 2.87. The number of hydrogen-bond acceptors (Lipinski definition) is 6. The zero-order valence-electron chi connectivity index (χ0n) is 9.97. The van der Waals surface area contributed by atoms with E-state index in [1.807, 2.05) is 0 Å². The number of hydrogen-bond donors (Lipinski definition) is 2. The first-order valence-corrected chi connectivity index (χ1v) is 6.54. The lowest BCUT2D eigenvalue weighted by Gasteiger charge is -2.09. The zero-order chi connectivity index (χ0) is 13.8. The van der Waals surface area contributed by atoms with E-state index in [2.05, 4.69) is 9.46 Å². The molecule has 18 heavy (non-hydrogen) atoms. The number of anilines is 2. The van der Waals surface area contributed by atoms with Crippen molar-refractivity contribution in [2.75, 3.05) is 30.4 Å². The van der Waals surface area contributed by atoms with Crippen molar-refractivity contribution in [1.29, 1.82) is 0 Å². The van der Waals surface area contributed by atoms with Crippen LogP contribution in [0.15, 0.2) is 18.2 Å². The molecule has 0 aromatic heterocycles. The van der Waals surface area contributed by atoms with Crippen molar-refractivity contribution in [3.63, 3.8) is 0 Å². The molecule has 1 rings (SSSR count). The van der Waals surface area contributed by atoms with E-state index in [9.17, 15) is 13.2 Å². The van der Waals surface area contributed by atoms with Crippen LogP contribution in [0.1, 0.15) is 0 Å². The van der Waals surface area contributed by atoms with Crippen LogP contribution >= 0.6 is 0 Å². The van der Waals surface area contributed by atoms with Gasteiger partial charge in [-0.3, -0.25) is 9.52 Å². The number of carbonyl (C=O) groups excluding carboxylic acids is 1. The maximum absolute atomic E-state index is 11.6. The van der Waals surface area contributed by atoms with Crippen molar-refractivity contribution in [2.24, 2.45) is 0 Å². The Hall–Kier alpha value is -1.96. The van der Waals surface area contributed by atoms with Gasteiger partial charge in [-0.25, -0.2) is 8.42 Å². The summed E-state index contributed by atoms with van der Waals surface area (Å²) in [6, 6.07) is 4.38. The molecule has 0 aliphatic heterocycles. The Morgan fingerprint density at radius 1 is 1.39 bits per heavy atom. The van der Waals surface area contributed by atoms with Gasteiger partial charge in [-0.1, -0.05) is 0 Å². The first kappa shape index (κ1) is 14.1. The maximum Gasteiger partial charge on any atom is 0.322 e. The number of ether oxygens (including phenoxy) is 2. The molecule has 1 aromatic carbocycles. The van der Waals surface area contributed by atoms with Gasteiger partial charge in [0.15, 0.2) is 5.75 Å². The third-order valence-corrected chi connectivity index (χ3v) is 3.20. The van der Waals surface area contributed by atoms with Gasteiger partial charge in [0.2, 0.25) is 10.0 Å². The van der Waals surface area contributed by atoms with Gasteiger partial charge in [0.05, 0.1) is 25.6 Å². The number of nitrogens with two attached hydrogens (primary N) is 1. The van der Waals surface area contributed by atoms with E-state index in [4.69, 9.17) is 10.5 Å². The average molecular weight is 274 g/mol. The van der Waals surface area contributed by atoms with Crippen molar-refractivity contribution in [2.45, 2.75) is 0 Å². The van der Waals surface area contributed by atoms with Crippen LogP contribution in [0.3, 0.4) is 0 Å². The van der Waals surface area contributed by atoms with Crippen LogP contribution in [0.2, 0.25) is 0 Å². The Labute approximate surface area is 105 Å². The summed E-state index contributed by atoms with van der Waals surface area (Å²) in [5, 5.41) is 0. The minimum absolute atomic E-state index is 0.255. The molecule has 8 heteroatoms. The van der Waals surface area contributed by atoms with Crippen molar-refractivity contribution >= 4 is 27.4 Å². The number of nitrogen functional groups attached to an aromatic ring is 1. The molecule has 0 atom stereocenters. The number of benzene rings is 1. The van der Waals surface area contributed by atoms with Gasteiger partial charge in [0.25, 0.3) is 0 Å². The Bertz CT molecular complexity index is 541. The summed E-state index contributed by atoms with van der Waals surface area (Å²) in [5.74, 6) is -1.26. The van der Waals surface area contributed by atoms with Crippen molar-refractivity contribution in [1.82, 2.24) is 0 Å². The van der Waals surface area contributed by atoms with Crippen LogP contribution in [-0.2, 0) is 19.6 Å². The summed E-state index contributed by atoms with van der Waals surface area (Å²) in [7, 11) is -1.27. The number of carbonyl (C=O) groups is 1. The quantitative estimate of drug-likeness (QED) is 0.586. The fourth-order valence-electron chi connectivity index (χ4n) is 1.20. The SMILES string of the molecule is COC(=O)CS(=O)(=O)Nc1ccc(N)c(OC)c1. The molecule has 0 radical (unpaired) electrons. The fourth-order valence-corrected chi connectivity index (χ4v) is 2.19. The maximum atomic E-state index is 11.6. The average Bonchev–Trinajstić information content (AvgIpc) is 2.30. The standard InChI is InChI=1S/C10H14N2O5S/c1-16-9-5-7(3-4-8(9)11)12-18(14,15)6-10(13)17-2/h3-5,12H,6,11H2,1-2H3. The molecule has 0 saturated carbocycles. The number of nitrogens with one attached hydrogen (secondary N) is 1. The van der Waals surface area contributed by atoms with Crippen LogP contribution in [-0.4, -0.2) is 34.4 Å². The van der Waals surface area contributed by atoms with Crippen LogP contribution < -0.4 is 15.2 Å². The van der Waals surface area contributed by atoms with E-state index in [0.29, 0.717) is 11.4 Å². The summed E-state index contributed by atoms with van der Waals surface area (Å²) in [4.78, 5) is 10.9. The molecule has 0 aliphatic carbocycles. The Morgan fingerprint density at radius 2 is 2.06 bits per heavy atom. The number of esters is 1. The van der Waals surface area contributed by atoms with Gasteiger partial charge in [0.1, 0.15) is 5.75 Å². The summed E-state index contributed by atoms with van der Waals surface area (Å²) in [5.41, 5.74) is 6.23. The molecule has 0 spiro atoms. The lowest BCUT2D eigenvalue weighted by Crippen LogP contribution is -2.23. The largest absolute Gasteiger partial charge is 0.495 e. The molecule has 100 valence electrons. The van der Waals surface area contributed by atoms with Crippen LogP contribution in [0.4, 0.5) is 11.4 Å². The monoisotopic (exact) mass is 274 g/mol. The summed E-state index contributed by atoms with van der Waals surface area (Å²) < 4.78 is 34.6. The lowest BCUT2D eigenvalue weighted by molar-refractivity contribution is -0.137. The van der Waals surface area contributed by atoms with Gasteiger partial charge < -0.3 is 15.2 Å². The van der Waals surface area contributed by atoms with Crippen molar-refractivity contribution in [3.8, 4) is 5.75 Å². The molecule has 0 saturated heterocycles. The van der Waals surface area contributed by atoms with Gasteiger partial charge in [0, 0.05) is 6.07 Å². The molecule has 3 N–H and O–H groups in total. The highest BCUT2D eigenvalue weighted by Gasteiger charge is 2.17. The van der Waals surface area contributed by atoms with Gasteiger partial charge >= 0.3 is 5.97 Å². The Morgan fingerprint density at radius 3 is 2.61 bits per heavy atom. The molecule has 0 amide bonds. The van der Waals surface area contributed by atoms with Crippen molar-refractivity contribution in [3.05, 3.63) is 18.2 Å². The number of rotatable bonds is 5. The van der Waals surface area contributed by atoms with Gasteiger partial charge in [-0.2, -0.15) is 0 Å². The minimum Gasteiger partial charge on any atom is -0.495 e. The molecule has 7 nitrogen and oxygen atoms in total. The summed E-state index contributed by atoms with van der Waals surface area (Å²) in [6.45, 7) is 0. The predicted molar refractivity (Wildman–Crippen MR) is 66.8 cm³/mol. The second-order valence-electron chi connectivity index (χ2n) is 3.39. The van der Waals surface area contributed by atoms with Crippen LogP contribution in [0.5, 0.6) is 5.75 Å². The Kier molecular flexibility index (Phi) is 4.38. The fraction of sp³-hybridized carbons (Fsp3) is 0.300. The molecule has 1 aromatic rings. The normalized spacial score (nSPS) is 10.8. The van der Waals surface area contributed by atoms with E-state index >= 15 is 0 Å². The van der Waals surface area contributed by atoms with Crippen LogP contribution in [0.25, 0.3) is 0 Å². The summed E-state index contributed by atoms with van der Waals surface area (Å²) >= 11 is 0. The highest BCUT2D eigenvalue weighted by Crippen LogP contribution is 2.25. The second kappa shape index (κ2) is 5.58. The van der Waals surface area contributed by atoms with E-state index in [1.165, 1.54) is 25.3 Å². The highest BCUT2D eigenvalue weighted by atomic mass is 32.2. The lowest BCUT2D eigenvalue weighted by atomic mass is 10.3. The van der Waals surface area contributed by atoms with E-state index in [0.717, 1.165) is 7.11 Å². The third-order valence-electron chi connectivity index (χ3n) is 2.04. The number of sulfonamides is 1. The minimum atomic E-state index is -3.80. The molecule has 0 unspecified atom stereocenters. The second-order valence-corrected chi connectivity index (χ2v) is 5.12. The molecular weight excluding hydrogens is 260 g/mol. The van der Waals surface area contributed by atoms with Crippen molar-refractivity contribution < 1.29 is 22.7 Å². The van der Waals surface area contributed by atoms with E-state index in [-0.39, 0.29) is 5.69 Å². The topological polar surface area (TPSA) is 108 Å². The van der Waals surface area contributed by atoms with Gasteiger partial charge in [-0.15, -0.1) is 0 Å². The van der Waals surface area contributed by atoms with Crippen LogP contribution in [0, 0.1) is 0 Å². The zero-order valence-corrected chi connectivity index (χ0v) is 10.8. The predicted octanol–water partition coefficient (Wildman–Crippen LogP) is 0.192. The molecule has 0 aliphatic rings. The molecular formula is C10H14N2O5S. The third kappa shape index (κ3) is 3.81. The molecule has 0 heterocycles. The molecule has 0 fully saturated rings. The first-order chi connectivity index (χ1) is 8.38.